The van der Waals surface area contributed by atoms with E-state index in [4.69, 9.17) is 19.0 Å². The van der Waals surface area contributed by atoms with Crippen molar-refractivity contribution >= 4 is 18.7 Å². The Labute approximate surface area is 194 Å². The van der Waals surface area contributed by atoms with E-state index >= 15 is 0 Å². The largest absolute Gasteiger partial charge is 0.407 e. The van der Waals surface area contributed by atoms with Gasteiger partial charge in [-0.3, -0.25) is 0 Å². The van der Waals surface area contributed by atoms with Gasteiger partial charge in [0.05, 0.1) is 18.8 Å². The normalized spacial score (nSPS) is 14.3. The standard InChI is InChI=1S/C26H40O5Si/c1-26(2,3)32(24-14-7-5-8-15-24,25-16-9-6-10-17-25)31-19-18-23(30-21-29-4)13-11-12-22(28)20-27/h5-10,14-17,22-23,27-28H,11-13,18-21H2,1-4H3/t22-,23-/m1/s1. The second kappa shape index (κ2) is 13.2. The molecule has 0 bridgehead atoms. The fourth-order valence-corrected chi connectivity index (χ4v) is 8.83. The molecule has 0 fully saturated rings. The molecule has 2 N–H and O–H groups in total. The van der Waals surface area contributed by atoms with Gasteiger partial charge in [0.15, 0.2) is 0 Å². The van der Waals surface area contributed by atoms with Gasteiger partial charge in [-0.2, -0.15) is 0 Å². The van der Waals surface area contributed by atoms with E-state index in [2.05, 4.69) is 69.3 Å². The number of ether oxygens (including phenoxy) is 2. The number of benzene rings is 2. The van der Waals surface area contributed by atoms with Crippen LogP contribution in [0.25, 0.3) is 0 Å². The van der Waals surface area contributed by atoms with E-state index in [9.17, 15) is 5.11 Å². The third-order valence-electron chi connectivity index (χ3n) is 5.87. The van der Waals surface area contributed by atoms with E-state index in [1.54, 1.807) is 7.11 Å². The lowest BCUT2D eigenvalue weighted by Gasteiger charge is -2.43. The van der Waals surface area contributed by atoms with Crippen molar-refractivity contribution in [1.29, 1.82) is 0 Å². The Hall–Kier alpha value is -1.54. The maximum absolute atomic E-state index is 9.64. The summed E-state index contributed by atoms with van der Waals surface area (Å²) in [4.78, 5) is 0. The average Bonchev–Trinajstić information content (AvgIpc) is 2.80. The maximum Gasteiger partial charge on any atom is 0.261 e. The van der Waals surface area contributed by atoms with E-state index in [0.717, 1.165) is 19.3 Å². The van der Waals surface area contributed by atoms with Crippen LogP contribution in [0, 0.1) is 0 Å². The summed E-state index contributed by atoms with van der Waals surface area (Å²) in [5.41, 5.74) is 0. The summed E-state index contributed by atoms with van der Waals surface area (Å²) in [6.45, 7) is 7.41. The summed E-state index contributed by atoms with van der Waals surface area (Å²) in [5.74, 6) is 0. The lowest BCUT2D eigenvalue weighted by molar-refractivity contribution is -0.0806. The Bertz CT molecular complexity index is 708. The molecule has 0 saturated carbocycles. The van der Waals surface area contributed by atoms with Gasteiger partial charge in [0.1, 0.15) is 6.79 Å². The second-order valence-corrected chi connectivity index (χ2v) is 13.6. The van der Waals surface area contributed by atoms with Gasteiger partial charge in [-0.15, -0.1) is 0 Å². The van der Waals surface area contributed by atoms with Gasteiger partial charge in [-0.1, -0.05) is 81.4 Å². The average molecular weight is 461 g/mol. The smallest absolute Gasteiger partial charge is 0.261 e. The Morgan fingerprint density at radius 2 is 1.44 bits per heavy atom. The van der Waals surface area contributed by atoms with E-state index in [1.807, 2.05) is 12.1 Å². The maximum atomic E-state index is 9.64. The lowest BCUT2D eigenvalue weighted by atomic mass is 10.1. The van der Waals surface area contributed by atoms with Gasteiger partial charge in [-0.05, 0) is 41.1 Å². The number of methoxy groups -OCH3 is 1. The first-order valence-electron chi connectivity index (χ1n) is 11.5. The summed E-state index contributed by atoms with van der Waals surface area (Å²) in [6.07, 6.45) is 2.15. The minimum Gasteiger partial charge on any atom is -0.407 e. The molecular formula is C26H40O5Si. The molecule has 0 radical (unpaired) electrons. The summed E-state index contributed by atoms with van der Waals surface area (Å²) in [5, 5.41) is 21.1. The van der Waals surface area contributed by atoms with E-state index < -0.39 is 14.4 Å². The number of hydrogen-bond donors (Lipinski definition) is 2. The van der Waals surface area contributed by atoms with Gasteiger partial charge >= 0.3 is 0 Å². The molecule has 0 aliphatic heterocycles. The van der Waals surface area contributed by atoms with Crippen LogP contribution in [-0.2, 0) is 13.9 Å². The van der Waals surface area contributed by atoms with Gasteiger partial charge in [0.2, 0.25) is 0 Å². The fraction of sp³-hybridized carbons (Fsp3) is 0.538. The Balaban J connectivity index is 2.22. The summed E-state index contributed by atoms with van der Waals surface area (Å²) < 4.78 is 18.0. The highest BCUT2D eigenvalue weighted by atomic mass is 28.4. The Kier molecular flexibility index (Phi) is 11.0. The van der Waals surface area contributed by atoms with Crippen LogP contribution in [0.2, 0.25) is 5.04 Å². The molecule has 0 aromatic heterocycles. The van der Waals surface area contributed by atoms with Crippen LogP contribution < -0.4 is 10.4 Å². The van der Waals surface area contributed by atoms with Crippen LogP contribution in [0.1, 0.15) is 46.5 Å². The first-order valence-corrected chi connectivity index (χ1v) is 13.4. The van der Waals surface area contributed by atoms with Crippen molar-refractivity contribution in [1.82, 2.24) is 0 Å². The van der Waals surface area contributed by atoms with Gasteiger partial charge < -0.3 is 24.1 Å². The van der Waals surface area contributed by atoms with Crippen LogP contribution >= 0.6 is 0 Å². The molecule has 0 amide bonds. The Morgan fingerprint density at radius 3 is 1.91 bits per heavy atom. The van der Waals surface area contributed by atoms with Crippen molar-refractivity contribution < 1.29 is 24.1 Å². The third kappa shape index (κ3) is 7.23. The molecule has 32 heavy (non-hydrogen) atoms. The molecule has 0 saturated heterocycles. The lowest BCUT2D eigenvalue weighted by Crippen LogP contribution is -2.66. The Morgan fingerprint density at radius 1 is 0.875 bits per heavy atom. The molecule has 2 aromatic carbocycles. The summed E-state index contributed by atoms with van der Waals surface area (Å²) in [7, 11) is -0.946. The molecule has 0 heterocycles. The molecule has 2 aromatic rings. The van der Waals surface area contributed by atoms with Crippen molar-refractivity contribution in [3.05, 3.63) is 60.7 Å². The summed E-state index contributed by atoms with van der Waals surface area (Å²) >= 11 is 0. The van der Waals surface area contributed by atoms with E-state index in [0.29, 0.717) is 13.0 Å². The minimum atomic E-state index is -2.56. The monoisotopic (exact) mass is 460 g/mol. The van der Waals surface area contributed by atoms with Crippen LogP contribution in [0.3, 0.4) is 0 Å². The molecule has 0 aliphatic carbocycles. The zero-order chi connectivity index (χ0) is 23.5. The van der Waals surface area contributed by atoms with Gasteiger partial charge in [0.25, 0.3) is 8.32 Å². The van der Waals surface area contributed by atoms with E-state index in [-0.39, 0.29) is 24.5 Å². The predicted molar refractivity (Wildman–Crippen MR) is 132 cm³/mol. The van der Waals surface area contributed by atoms with Crippen molar-refractivity contribution in [2.45, 2.75) is 63.7 Å². The van der Waals surface area contributed by atoms with Crippen LogP contribution in [-0.4, -0.2) is 57.9 Å². The zero-order valence-electron chi connectivity index (χ0n) is 20.0. The molecule has 5 nitrogen and oxygen atoms in total. The minimum absolute atomic E-state index is 0.0287. The molecular weight excluding hydrogens is 420 g/mol. The third-order valence-corrected chi connectivity index (χ3v) is 10.9. The highest BCUT2D eigenvalue weighted by Crippen LogP contribution is 2.36. The molecule has 0 unspecified atom stereocenters. The van der Waals surface area contributed by atoms with Crippen LogP contribution in [0.4, 0.5) is 0 Å². The molecule has 2 rings (SSSR count). The topological polar surface area (TPSA) is 68.2 Å². The van der Waals surface area contributed by atoms with Crippen molar-refractivity contribution in [3.63, 3.8) is 0 Å². The first kappa shape index (κ1) is 26.7. The van der Waals surface area contributed by atoms with Crippen LogP contribution in [0.15, 0.2) is 60.7 Å². The highest BCUT2D eigenvalue weighted by Gasteiger charge is 2.50. The molecule has 2 atom stereocenters. The first-order chi connectivity index (χ1) is 15.3. The fourth-order valence-electron chi connectivity index (χ4n) is 4.25. The molecule has 0 aliphatic rings. The zero-order valence-corrected chi connectivity index (χ0v) is 21.0. The quantitative estimate of drug-likeness (QED) is 0.334. The van der Waals surface area contributed by atoms with Crippen molar-refractivity contribution in [2.75, 3.05) is 27.1 Å². The molecule has 6 heteroatoms. The van der Waals surface area contributed by atoms with Crippen molar-refractivity contribution in [2.24, 2.45) is 0 Å². The second-order valence-electron chi connectivity index (χ2n) is 9.26. The number of hydrogen-bond acceptors (Lipinski definition) is 5. The van der Waals surface area contributed by atoms with E-state index in [1.165, 1.54) is 10.4 Å². The number of aliphatic hydroxyl groups excluding tert-OH is 2. The SMILES string of the molecule is COCO[C@H](CCC[C@@H](O)CO)CCO[Si](c1ccccc1)(c1ccccc1)C(C)(C)C. The number of rotatable bonds is 14. The van der Waals surface area contributed by atoms with Gasteiger partial charge in [-0.25, -0.2) is 0 Å². The predicted octanol–water partition coefficient (Wildman–Crippen LogP) is 3.47. The molecule has 178 valence electrons. The highest BCUT2D eigenvalue weighted by molar-refractivity contribution is 6.99. The van der Waals surface area contributed by atoms with Crippen molar-refractivity contribution in [3.8, 4) is 0 Å². The van der Waals surface area contributed by atoms with Gasteiger partial charge in [0, 0.05) is 13.7 Å². The summed E-state index contributed by atoms with van der Waals surface area (Å²) in [6, 6.07) is 21.2. The molecule has 0 spiro atoms. The number of aliphatic hydroxyl groups is 2. The van der Waals surface area contributed by atoms with Crippen LogP contribution in [0.5, 0.6) is 0 Å².